The van der Waals surface area contributed by atoms with E-state index >= 15 is 0 Å². The zero-order valence-corrected chi connectivity index (χ0v) is 11.3. The Bertz CT molecular complexity index is 351. The molecule has 0 spiro atoms. The molecule has 0 heterocycles. The number of aliphatic carboxylic acids is 1. The van der Waals surface area contributed by atoms with Crippen LogP contribution in [0.2, 0.25) is 0 Å². The second-order valence-corrected chi connectivity index (χ2v) is 5.10. The standard InChI is InChI=1S/C13H22N2O4/c1-2-8-14-10(16)4-5-11(17)15-13(6-3-7-13)9-12(18)19/h2-9H2,1H3,(H,14,16)(H,15,17)(H,18,19). The Kier molecular flexibility index (Phi) is 5.79. The lowest BCUT2D eigenvalue weighted by Gasteiger charge is -2.41. The summed E-state index contributed by atoms with van der Waals surface area (Å²) < 4.78 is 0. The van der Waals surface area contributed by atoms with Crippen molar-refractivity contribution in [2.75, 3.05) is 6.54 Å². The molecule has 0 radical (unpaired) electrons. The minimum absolute atomic E-state index is 0.0409. The Hall–Kier alpha value is -1.59. The molecule has 6 heteroatoms. The molecule has 0 bridgehead atoms. The first kappa shape index (κ1) is 15.5. The molecule has 3 N–H and O–H groups in total. The number of carboxylic acid groups (broad SMARTS) is 1. The third-order valence-corrected chi connectivity index (χ3v) is 3.36. The first-order valence-corrected chi connectivity index (χ1v) is 6.77. The molecule has 1 aliphatic carbocycles. The van der Waals surface area contributed by atoms with E-state index in [1.165, 1.54) is 0 Å². The molecule has 108 valence electrons. The summed E-state index contributed by atoms with van der Waals surface area (Å²) in [4.78, 5) is 33.8. The van der Waals surface area contributed by atoms with Crippen molar-refractivity contribution in [3.63, 3.8) is 0 Å². The summed E-state index contributed by atoms with van der Waals surface area (Å²) in [6, 6.07) is 0. The Balaban J connectivity index is 2.30. The minimum Gasteiger partial charge on any atom is -0.481 e. The lowest BCUT2D eigenvalue weighted by Crippen LogP contribution is -2.54. The number of carboxylic acids is 1. The molecule has 1 rings (SSSR count). The third kappa shape index (κ3) is 5.28. The van der Waals surface area contributed by atoms with Crippen molar-refractivity contribution in [2.24, 2.45) is 0 Å². The van der Waals surface area contributed by atoms with Crippen LogP contribution in [0.5, 0.6) is 0 Å². The van der Waals surface area contributed by atoms with E-state index in [4.69, 9.17) is 5.11 Å². The second kappa shape index (κ2) is 7.11. The monoisotopic (exact) mass is 270 g/mol. The maximum Gasteiger partial charge on any atom is 0.305 e. The first-order chi connectivity index (χ1) is 8.97. The number of hydrogen-bond donors (Lipinski definition) is 3. The fraction of sp³-hybridized carbons (Fsp3) is 0.769. The third-order valence-electron chi connectivity index (χ3n) is 3.36. The number of carbonyl (C=O) groups is 3. The van der Waals surface area contributed by atoms with Crippen LogP contribution in [0.4, 0.5) is 0 Å². The summed E-state index contributed by atoms with van der Waals surface area (Å²) in [6.07, 6.45) is 3.41. The minimum atomic E-state index is -0.902. The van der Waals surface area contributed by atoms with Crippen molar-refractivity contribution >= 4 is 17.8 Å². The van der Waals surface area contributed by atoms with Crippen LogP contribution in [0.15, 0.2) is 0 Å². The number of amides is 2. The van der Waals surface area contributed by atoms with E-state index in [0.29, 0.717) is 19.4 Å². The van der Waals surface area contributed by atoms with Gasteiger partial charge in [-0.15, -0.1) is 0 Å². The van der Waals surface area contributed by atoms with Crippen molar-refractivity contribution in [1.82, 2.24) is 10.6 Å². The van der Waals surface area contributed by atoms with Gasteiger partial charge in [0.1, 0.15) is 0 Å². The molecular formula is C13H22N2O4. The van der Waals surface area contributed by atoms with Crippen LogP contribution in [0.1, 0.15) is 51.9 Å². The van der Waals surface area contributed by atoms with Gasteiger partial charge < -0.3 is 15.7 Å². The van der Waals surface area contributed by atoms with E-state index < -0.39 is 11.5 Å². The van der Waals surface area contributed by atoms with E-state index in [-0.39, 0.29) is 31.1 Å². The zero-order valence-electron chi connectivity index (χ0n) is 11.3. The quantitative estimate of drug-likeness (QED) is 0.608. The second-order valence-electron chi connectivity index (χ2n) is 5.10. The van der Waals surface area contributed by atoms with E-state index in [2.05, 4.69) is 10.6 Å². The van der Waals surface area contributed by atoms with Crippen LogP contribution in [0.25, 0.3) is 0 Å². The summed E-state index contributed by atoms with van der Waals surface area (Å²) in [6.45, 7) is 2.57. The molecule has 0 atom stereocenters. The fourth-order valence-corrected chi connectivity index (χ4v) is 2.18. The average Bonchev–Trinajstić information content (AvgIpc) is 2.30. The summed E-state index contributed by atoms with van der Waals surface area (Å²) in [5, 5.41) is 14.3. The fourth-order valence-electron chi connectivity index (χ4n) is 2.18. The molecule has 0 saturated heterocycles. The van der Waals surface area contributed by atoms with Crippen molar-refractivity contribution in [2.45, 2.75) is 57.4 Å². The molecular weight excluding hydrogens is 248 g/mol. The molecule has 2 amide bonds. The molecule has 0 aromatic rings. The summed E-state index contributed by atoms with van der Waals surface area (Å²) >= 11 is 0. The van der Waals surface area contributed by atoms with Gasteiger partial charge >= 0.3 is 5.97 Å². The highest BCUT2D eigenvalue weighted by molar-refractivity contribution is 5.84. The van der Waals surface area contributed by atoms with Crippen molar-refractivity contribution in [3.8, 4) is 0 Å². The number of hydrogen-bond acceptors (Lipinski definition) is 3. The van der Waals surface area contributed by atoms with Gasteiger partial charge in [-0.1, -0.05) is 6.92 Å². The van der Waals surface area contributed by atoms with Gasteiger partial charge in [-0.25, -0.2) is 0 Å². The average molecular weight is 270 g/mol. The van der Waals surface area contributed by atoms with Gasteiger partial charge in [-0.2, -0.15) is 0 Å². The maximum atomic E-state index is 11.7. The highest BCUT2D eigenvalue weighted by atomic mass is 16.4. The van der Waals surface area contributed by atoms with Crippen LogP contribution in [0, 0.1) is 0 Å². The molecule has 1 fully saturated rings. The summed E-state index contributed by atoms with van der Waals surface area (Å²) in [7, 11) is 0. The van der Waals surface area contributed by atoms with Crippen LogP contribution >= 0.6 is 0 Å². The molecule has 1 saturated carbocycles. The van der Waals surface area contributed by atoms with Gasteiger partial charge in [0, 0.05) is 19.4 Å². The predicted molar refractivity (Wildman–Crippen MR) is 69.5 cm³/mol. The smallest absolute Gasteiger partial charge is 0.305 e. The number of nitrogens with one attached hydrogen (secondary N) is 2. The molecule has 0 unspecified atom stereocenters. The van der Waals surface area contributed by atoms with Crippen LogP contribution < -0.4 is 10.6 Å². The van der Waals surface area contributed by atoms with Gasteiger partial charge in [-0.3, -0.25) is 14.4 Å². The molecule has 6 nitrogen and oxygen atoms in total. The van der Waals surface area contributed by atoms with Gasteiger partial charge in [0.05, 0.1) is 12.0 Å². The SMILES string of the molecule is CCCNC(=O)CCC(=O)NC1(CC(=O)O)CCC1. The van der Waals surface area contributed by atoms with Gasteiger partial charge in [0.2, 0.25) is 11.8 Å². The highest BCUT2D eigenvalue weighted by Crippen LogP contribution is 2.34. The van der Waals surface area contributed by atoms with E-state index in [1.807, 2.05) is 6.92 Å². The number of carbonyl (C=O) groups excluding carboxylic acids is 2. The Morgan fingerprint density at radius 2 is 1.79 bits per heavy atom. The topological polar surface area (TPSA) is 95.5 Å². The normalized spacial score (nSPS) is 16.3. The maximum absolute atomic E-state index is 11.7. The van der Waals surface area contributed by atoms with Gasteiger partial charge in [0.25, 0.3) is 0 Å². The van der Waals surface area contributed by atoms with Crippen molar-refractivity contribution in [3.05, 3.63) is 0 Å². The Morgan fingerprint density at radius 3 is 2.26 bits per heavy atom. The zero-order chi connectivity index (χ0) is 14.3. The lowest BCUT2D eigenvalue weighted by molar-refractivity contribution is -0.140. The first-order valence-electron chi connectivity index (χ1n) is 6.77. The van der Waals surface area contributed by atoms with Gasteiger partial charge in [0.15, 0.2) is 0 Å². The lowest BCUT2D eigenvalue weighted by atomic mass is 9.74. The molecule has 1 aliphatic rings. The van der Waals surface area contributed by atoms with Crippen LogP contribution in [-0.2, 0) is 14.4 Å². The van der Waals surface area contributed by atoms with Crippen LogP contribution in [0.3, 0.4) is 0 Å². The molecule has 19 heavy (non-hydrogen) atoms. The van der Waals surface area contributed by atoms with Crippen molar-refractivity contribution in [1.29, 1.82) is 0 Å². The van der Waals surface area contributed by atoms with Gasteiger partial charge in [-0.05, 0) is 25.7 Å². The summed E-state index contributed by atoms with van der Waals surface area (Å²) in [5.74, 6) is -1.29. The van der Waals surface area contributed by atoms with Crippen molar-refractivity contribution < 1.29 is 19.5 Å². The highest BCUT2D eigenvalue weighted by Gasteiger charge is 2.40. The largest absolute Gasteiger partial charge is 0.481 e. The number of rotatable bonds is 8. The Morgan fingerprint density at radius 1 is 1.16 bits per heavy atom. The molecule has 0 aliphatic heterocycles. The predicted octanol–water partition coefficient (Wildman–Crippen LogP) is 0.806. The van der Waals surface area contributed by atoms with E-state index in [0.717, 1.165) is 12.8 Å². The van der Waals surface area contributed by atoms with Crippen LogP contribution in [-0.4, -0.2) is 35.0 Å². The van der Waals surface area contributed by atoms with E-state index in [1.54, 1.807) is 0 Å². The van der Waals surface area contributed by atoms with E-state index in [9.17, 15) is 14.4 Å². The Labute approximate surface area is 112 Å². The molecule has 0 aromatic carbocycles. The summed E-state index contributed by atoms with van der Waals surface area (Å²) in [5.41, 5.74) is -0.581. The molecule has 0 aromatic heterocycles.